The molecule has 1 aliphatic carbocycles. The van der Waals surface area contributed by atoms with Gasteiger partial charge in [0.1, 0.15) is 5.54 Å². The number of carbonyl (C=O) groups is 2. The third-order valence-electron chi connectivity index (χ3n) is 5.60. The first-order valence-corrected chi connectivity index (χ1v) is 11.1. The van der Waals surface area contributed by atoms with Crippen molar-refractivity contribution in [3.05, 3.63) is 0 Å². The summed E-state index contributed by atoms with van der Waals surface area (Å²) in [5.74, 6) is 0.504. The Labute approximate surface area is 150 Å². The van der Waals surface area contributed by atoms with Crippen LogP contribution in [-0.2, 0) is 14.6 Å². The lowest BCUT2D eigenvalue weighted by atomic mass is 9.82. The summed E-state index contributed by atoms with van der Waals surface area (Å²) in [6.45, 7) is 4.98. The molecule has 2 aliphatic heterocycles. The van der Waals surface area contributed by atoms with E-state index >= 15 is 0 Å². The standard InChI is InChI=1S/C17H29N3O4S/c1-13(2)10-19(14-6-9-25(23,24)11-14)12-20-15(21)17(18-16(20)22)7-4-3-5-8-17/h13-14H,3-12H2,1-2H3,(H,18,22)/t14-/m1/s1. The number of hydrogen-bond acceptors (Lipinski definition) is 5. The van der Waals surface area contributed by atoms with E-state index in [1.165, 1.54) is 4.90 Å². The van der Waals surface area contributed by atoms with Crippen molar-refractivity contribution in [3.8, 4) is 0 Å². The minimum atomic E-state index is -3.01. The molecule has 1 spiro atoms. The van der Waals surface area contributed by atoms with Crippen LogP contribution in [0.5, 0.6) is 0 Å². The maximum absolute atomic E-state index is 13.0. The molecule has 142 valence electrons. The molecule has 3 fully saturated rings. The van der Waals surface area contributed by atoms with E-state index in [9.17, 15) is 18.0 Å². The van der Waals surface area contributed by atoms with E-state index in [0.717, 1.165) is 19.3 Å². The number of imide groups is 1. The summed E-state index contributed by atoms with van der Waals surface area (Å²) in [5.41, 5.74) is -0.722. The topological polar surface area (TPSA) is 86.8 Å². The molecule has 7 nitrogen and oxygen atoms in total. The summed E-state index contributed by atoms with van der Waals surface area (Å²) in [6.07, 6.45) is 4.99. The second-order valence-corrected chi connectivity index (χ2v) is 10.4. The number of nitrogens with zero attached hydrogens (tertiary/aromatic N) is 2. The SMILES string of the molecule is CC(C)CN(CN1C(=O)NC2(CCCCC2)C1=O)[C@@H]1CCS(=O)(=O)C1. The first kappa shape index (κ1) is 18.6. The van der Waals surface area contributed by atoms with Crippen molar-refractivity contribution in [3.63, 3.8) is 0 Å². The molecule has 0 radical (unpaired) electrons. The first-order valence-electron chi connectivity index (χ1n) is 9.31. The molecule has 3 aliphatic rings. The predicted octanol–water partition coefficient (Wildman–Crippen LogP) is 1.34. The van der Waals surface area contributed by atoms with E-state index < -0.39 is 15.4 Å². The van der Waals surface area contributed by atoms with Gasteiger partial charge in [-0.05, 0) is 25.2 Å². The average Bonchev–Trinajstić information content (AvgIpc) is 3.00. The fourth-order valence-corrected chi connectivity index (χ4v) is 6.10. The molecule has 1 atom stereocenters. The fourth-order valence-electron chi connectivity index (χ4n) is 4.34. The highest BCUT2D eigenvalue weighted by Gasteiger charge is 2.52. The quantitative estimate of drug-likeness (QED) is 0.737. The zero-order chi connectivity index (χ0) is 18.2. The van der Waals surface area contributed by atoms with Gasteiger partial charge < -0.3 is 5.32 Å². The Morgan fingerprint density at radius 2 is 1.92 bits per heavy atom. The Hall–Kier alpha value is -1.15. The van der Waals surface area contributed by atoms with Crippen LogP contribution in [0, 0.1) is 5.92 Å². The fraction of sp³-hybridized carbons (Fsp3) is 0.882. The number of carbonyl (C=O) groups excluding carboxylic acids is 2. The molecule has 1 saturated carbocycles. The Morgan fingerprint density at radius 1 is 1.24 bits per heavy atom. The van der Waals surface area contributed by atoms with Gasteiger partial charge in [0.15, 0.2) is 9.84 Å². The van der Waals surface area contributed by atoms with Crippen LogP contribution < -0.4 is 5.32 Å². The molecule has 0 aromatic rings. The van der Waals surface area contributed by atoms with E-state index in [-0.39, 0.29) is 36.2 Å². The van der Waals surface area contributed by atoms with Crippen LogP contribution in [0.2, 0.25) is 0 Å². The molecule has 1 N–H and O–H groups in total. The lowest BCUT2D eigenvalue weighted by Gasteiger charge is -2.33. The Balaban J connectivity index is 1.75. The number of amides is 3. The van der Waals surface area contributed by atoms with Crippen molar-refractivity contribution in [2.24, 2.45) is 5.92 Å². The lowest BCUT2D eigenvalue weighted by Crippen LogP contribution is -2.50. The maximum atomic E-state index is 13.0. The van der Waals surface area contributed by atoms with Crippen LogP contribution in [-0.4, -0.2) is 66.5 Å². The number of hydrogen-bond donors (Lipinski definition) is 1. The maximum Gasteiger partial charge on any atom is 0.326 e. The van der Waals surface area contributed by atoms with Gasteiger partial charge in [0.05, 0.1) is 18.2 Å². The molecule has 2 saturated heterocycles. The smallest absolute Gasteiger partial charge is 0.323 e. The molecule has 0 aromatic heterocycles. The van der Waals surface area contributed by atoms with E-state index in [2.05, 4.69) is 19.2 Å². The van der Waals surface area contributed by atoms with Crippen LogP contribution in [0.1, 0.15) is 52.4 Å². The minimum Gasteiger partial charge on any atom is -0.323 e. The summed E-state index contributed by atoms with van der Waals surface area (Å²) >= 11 is 0. The molecule has 2 heterocycles. The highest BCUT2D eigenvalue weighted by atomic mass is 32.2. The van der Waals surface area contributed by atoms with Gasteiger partial charge in [-0.3, -0.25) is 9.69 Å². The lowest BCUT2D eigenvalue weighted by molar-refractivity contribution is -0.134. The average molecular weight is 372 g/mol. The van der Waals surface area contributed by atoms with Crippen LogP contribution >= 0.6 is 0 Å². The summed E-state index contributed by atoms with van der Waals surface area (Å²) in [7, 11) is -3.01. The van der Waals surface area contributed by atoms with Crippen molar-refractivity contribution in [2.75, 3.05) is 24.7 Å². The normalized spacial score (nSPS) is 28.3. The predicted molar refractivity (Wildman–Crippen MR) is 94.7 cm³/mol. The molecule has 3 rings (SSSR count). The van der Waals surface area contributed by atoms with Crippen LogP contribution in [0.25, 0.3) is 0 Å². The number of sulfone groups is 1. The van der Waals surface area contributed by atoms with Crippen molar-refractivity contribution >= 4 is 21.8 Å². The number of nitrogens with one attached hydrogen (secondary N) is 1. The van der Waals surface area contributed by atoms with Gasteiger partial charge in [0.2, 0.25) is 0 Å². The van der Waals surface area contributed by atoms with Gasteiger partial charge in [-0.2, -0.15) is 0 Å². The van der Waals surface area contributed by atoms with E-state index in [1.54, 1.807) is 0 Å². The van der Waals surface area contributed by atoms with E-state index in [0.29, 0.717) is 31.7 Å². The Kier molecular flexibility index (Phi) is 5.12. The van der Waals surface area contributed by atoms with E-state index in [1.807, 2.05) is 4.90 Å². The van der Waals surface area contributed by atoms with E-state index in [4.69, 9.17) is 0 Å². The second kappa shape index (κ2) is 6.87. The van der Waals surface area contributed by atoms with Gasteiger partial charge in [0.25, 0.3) is 5.91 Å². The molecule has 0 unspecified atom stereocenters. The highest BCUT2D eigenvalue weighted by molar-refractivity contribution is 7.91. The van der Waals surface area contributed by atoms with Crippen molar-refractivity contribution in [1.82, 2.24) is 15.1 Å². The molecule has 25 heavy (non-hydrogen) atoms. The van der Waals surface area contributed by atoms with Crippen molar-refractivity contribution < 1.29 is 18.0 Å². The van der Waals surface area contributed by atoms with Crippen molar-refractivity contribution in [1.29, 1.82) is 0 Å². The molecule has 8 heteroatoms. The second-order valence-electron chi connectivity index (χ2n) is 8.17. The monoisotopic (exact) mass is 371 g/mol. The van der Waals surface area contributed by atoms with Gasteiger partial charge in [-0.25, -0.2) is 18.1 Å². The molecule has 0 aromatic carbocycles. The van der Waals surface area contributed by atoms with Crippen LogP contribution in [0.3, 0.4) is 0 Å². The molecular formula is C17H29N3O4S. The Morgan fingerprint density at radius 3 is 2.48 bits per heavy atom. The summed E-state index contributed by atoms with van der Waals surface area (Å²) in [5, 5.41) is 2.93. The minimum absolute atomic E-state index is 0.115. The highest BCUT2D eigenvalue weighted by Crippen LogP contribution is 2.34. The summed E-state index contributed by atoms with van der Waals surface area (Å²) < 4.78 is 23.7. The van der Waals surface area contributed by atoms with Crippen LogP contribution in [0.4, 0.5) is 4.79 Å². The number of urea groups is 1. The third-order valence-corrected chi connectivity index (χ3v) is 7.35. The Bertz CT molecular complexity index is 640. The van der Waals surface area contributed by atoms with Gasteiger partial charge in [-0.1, -0.05) is 33.1 Å². The third kappa shape index (κ3) is 3.84. The van der Waals surface area contributed by atoms with Gasteiger partial charge in [-0.15, -0.1) is 0 Å². The summed E-state index contributed by atoms with van der Waals surface area (Å²) in [6, 6.07) is -0.447. The largest absolute Gasteiger partial charge is 0.326 e. The summed E-state index contributed by atoms with van der Waals surface area (Å²) in [4.78, 5) is 28.7. The molecule has 0 bridgehead atoms. The first-order chi connectivity index (χ1) is 11.7. The zero-order valence-electron chi connectivity index (χ0n) is 15.2. The van der Waals surface area contributed by atoms with Crippen LogP contribution in [0.15, 0.2) is 0 Å². The van der Waals surface area contributed by atoms with Gasteiger partial charge >= 0.3 is 6.03 Å². The number of rotatable bonds is 5. The van der Waals surface area contributed by atoms with Gasteiger partial charge in [0, 0.05) is 12.6 Å². The molecule has 3 amide bonds. The van der Waals surface area contributed by atoms with Crippen molar-refractivity contribution in [2.45, 2.75) is 64.0 Å². The molecular weight excluding hydrogens is 342 g/mol. The zero-order valence-corrected chi connectivity index (χ0v) is 16.0.